The molecule has 1 aromatic carbocycles. The third-order valence-electron chi connectivity index (χ3n) is 2.82. The van der Waals surface area contributed by atoms with Crippen LogP contribution >= 0.6 is 11.6 Å². The molecule has 1 aromatic rings. The van der Waals surface area contributed by atoms with Crippen LogP contribution in [0.1, 0.15) is 24.0 Å². The van der Waals surface area contributed by atoms with Crippen LogP contribution in [0.25, 0.3) is 5.57 Å². The number of allylic oxidation sites excluding steroid dienone is 2. The summed E-state index contributed by atoms with van der Waals surface area (Å²) in [4.78, 5) is 0. The Kier molecular flexibility index (Phi) is 2.95. The van der Waals surface area contributed by atoms with E-state index in [2.05, 4.69) is 0 Å². The number of benzene rings is 1. The lowest BCUT2D eigenvalue weighted by Crippen LogP contribution is -2.04. The Morgan fingerprint density at radius 1 is 1.19 bits per heavy atom. The fourth-order valence-corrected chi connectivity index (χ4v) is 2.36. The van der Waals surface area contributed by atoms with Gasteiger partial charge in [0.2, 0.25) is 0 Å². The van der Waals surface area contributed by atoms with E-state index in [4.69, 9.17) is 22.1 Å². The van der Waals surface area contributed by atoms with Crippen molar-refractivity contribution in [2.75, 3.05) is 0 Å². The Morgan fingerprint density at radius 2 is 1.94 bits per heavy atom. The summed E-state index contributed by atoms with van der Waals surface area (Å²) in [6.07, 6.45) is 2.64. The molecule has 0 heterocycles. The average Bonchev–Trinajstić information content (AvgIpc) is 2.32. The smallest absolute Gasteiger partial charge is 0.133 e. The summed E-state index contributed by atoms with van der Waals surface area (Å²) >= 11 is 6.11. The van der Waals surface area contributed by atoms with Crippen molar-refractivity contribution in [1.82, 2.24) is 0 Å². The molecule has 0 unspecified atom stereocenters. The van der Waals surface area contributed by atoms with Gasteiger partial charge in [0.1, 0.15) is 17.7 Å². The maximum Gasteiger partial charge on any atom is 0.133 e. The molecule has 0 aliphatic heterocycles. The number of nitriles is 2. The van der Waals surface area contributed by atoms with Crippen LogP contribution in [0.2, 0.25) is 5.02 Å². The molecular weight excluding hydrogens is 220 g/mol. The van der Waals surface area contributed by atoms with Gasteiger partial charge in [-0.2, -0.15) is 10.5 Å². The minimum Gasteiger partial charge on any atom is -0.192 e. The van der Waals surface area contributed by atoms with Crippen LogP contribution in [0, 0.1) is 22.7 Å². The zero-order chi connectivity index (χ0) is 11.5. The van der Waals surface area contributed by atoms with Crippen LogP contribution in [0.3, 0.4) is 0 Å². The second kappa shape index (κ2) is 4.39. The fraction of sp³-hybridized carbons (Fsp3) is 0.231. The highest BCUT2D eigenvalue weighted by Crippen LogP contribution is 2.36. The number of hydrogen-bond donors (Lipinski definition) is 0. The Hall–Kier alpha value is -1.77. The molecule has 0 saturated carbocycles. The van der Waals surface area contributed by atoms with E-state index >= 15 is 0 Å². The lowest BCUT2D eigenvalue weighted by atomic mass is 9.85. The lowest BCUT2D eigenvalue weighted by Gasteiger charge is -2.19. The van der Waals surface area contributed by atoms with Crippen LogP contribution in [-0.2, 0) is 6.42 Å². The van der Waals surface area contributed by atoms with Crippen LogP contribution < -0.4 is 0 Å². The third-order valence-corrected chi connectivity index (χ3v) is 3.18. The predicted octanol–water partition coefficient (Wildman–Crippen LogP) is 3.48. The Bertz CT molecular complexity index is 528. The largest absolute Gasteiger partial charge is 0.192 e. The molecule has 0 aromatic heterocycles. The van der Waals surface area contributed by atoms with E-state index in [0.29, 0.717) is 0 Å². The van der Waals surface area contributed by atoms with Gasteiger partial charge < -0.3 is 0 Å². The van der Waals surface area contributed by atoms with Gasteiger partial charge in [0.05, 0.1) is 0 Å². The van der Waals surface area contributed by atoms with E-state index in [1.165, 1.54) is 0 Å². The molecule has 0 radical (unpaired) electrons. The Morgan fingerprint density at radius 3 is 2.62 bits per heavy atom. The average molecular weight is 229 g/mol. The van der Waals surface area contributed by atoms with Crippen LogP contribution in [0.15, 0.2) is 23.8 Å². The van der Waals surface area contributed by atoms with Crippen molar-refractivity contribution in [3.8, 4) is 12.1 Å². The van der Waals surface area contributed by atoms with E-state index in [-0.39, 0.29) is 5.57 Å². The summed E-state index contributed by atoms with van der Waals surface area (Å²) in [5.41, 5.74) is 3.09. The molecule has 0 bridgehead atoms. The first-order chi connectivity index (χ1) is 7.77. The van der Waals surface area contributed by atoms with Crippen molar-refractivity contribution in [3.05, 3.63) is 39.9 Å². The summed E-state index contributed by atoms with van der Waals surface area (Å²) in [6, 6.07) is 9.56. The topological polar surface area (TPSA) is 47.6 Å². The molecule has 2 rings (SSSR count). The van der Waals surface area contributed by atoms with E-state index in [1.807, 2.05) is 30.3 Å². The van der Waals surface area contributed by atoms with Crippen LogP contribution in [-0.4, -0.2) is 0 Å². The number of nitrogens with zero attached hydrogens (tertiary/aromatic N) is 2. The number of fused-ring (bicyclic) bond motifs is 1. The normalized spacial score (nSPS) is 13.6. The fourth-order valence-electron chi connectivity index (χ4n) is 2.09. The predicted molar refractivity (Wildman–Crippen MR) is 62.5 cm³/mol. The monoisotopic (exact) mass is 228 g/mol. The van der Waals surface area contributed by atoms with Crippen molar-refractivity contribution < 1.29 is 0 Å². The van der Waals surface area contributed by atoms with Gasteiger partial charge in [-0.3, -0.25) is 0 Å². The van der Waals surface area contributed by atoms with Crippen molar-refractivity contribution in [2.24, 2.45) is 0 Å². The van der Waals surface area contributed by atoms with Crippen molar-refractivity contribution in [2.45, 2.75) is 19.3 Å². The maximum atomic E-state index is 8.91. The molecule has 1 aliphatic rings. The molecule has 2 nitrogen and oxygen atoms in total. The van der Waals surface area contributed by atoms with Crippen LogP contribution in [0.4, 0.5) is 0 Å². The highest BCUT2D eigenvalue weighted by Gasteiger charge is 2.19. The van der Waals surface area contributed by atoms with Crippen molar-refractivity contribution >= 4 is 17.2 Å². The first-order valence-corrected chi connectivity index (χ1v) is 5.47. The van der Waals surface area contributed by atoms with Gasteiger partial charge in [-0.05, 0) is 42.0 Å². The van der Waals surface area contributed by atoms with Crippen LogP contribution in [0.5, 0.6) is 0 Å². The van der Waals surface area contributed by atoms with Gasteiger partial charge in [0.15, 0.2) is 0 Å². The van der Waals surface area contributed by atoms with Gasteiger partial charge in [0.25, 0.3) is 0 Å². The molecule has 0 amide bonds. The standard InChI is InChI=1S/C13H9ClN2/c14-13-6-2-4-11-10(9(7-15)8-16)3-1-5-12(11)13/h2,4,6H,1,3,5H2. The zero-order valence-electron chi connectivity index (χ0n) is 8.63. The Labute approximate surface area is 99.4 Å². The molecule has 16 heavy (non-hydrogen) atoms. The van der Waals surface area contributed by atoms with Crippen molar-refractivity contribution in [1.29, 1.82) is 10.5 Å². The maximum absolute atomic E-state index is 8.91. The molecular formula is C13H9ClN2. The number of halogens is 1. The number of rotatable bonds is 0. The van der Waals surface area contributed by atoms with Gasteiger partial charge in [-0.15, -0.1) is 0 Å². The van der Waals surface area contributed by atoms with Gasteiger partial charge >= 0.3 is 0 Å². The summed E-state index contributed by atoms with van der Waals surface area (Å²) in [6.45, 7) is 0. The van der Waals surface area contributed by atoms with E-state index in [9.17, 15) is 0 Å². The number of hydrogen-bond acceptors (Lipinski definition) is 2. The first-order valence-electron chi connectivity index (χ1n) is 5.09. The molecule has 0 atom stereocenters. The quantitative estimate of drug-likeness (QED) is 0.639. The van der Waals surface area contributed by atoms with E-state index in [0.717, 1.165) is 41.0 Å². The van der Waals surface area contributed by atoms with Gasteiger partial charge in [-0.1, -0.05) is 23.7 Å². The summed E-state index contributed by atoms with van der Waals surface area (Å²) < 4.78 is 0. The van der Waals surface area contributed by atoms with Gasteiger partial charge in [0, 0.05) is 5.02 Å². The second-order valence-corrected chi connectivity index (χ2v) is 4.10. The molecule has 0 saturated heterocycles. The third kappa shape index (κ3) is 1.69. The van der Waals surface area contributed by atoms with E-state index < -0.39 is 0 Å². The summed E-state index contributed by atoms with van der Waals surface area (Å²) in [5.74, 6) is 0. The van der Waals surface area contributed by atoms with E-state index in [1.54, 1.807) is 0 Å². The SMILES string of the molecule is N#CC(C#N)=C1CCCc2c(Cl)cccc21. The minimum absolute atomic E-state index is 0.211. The lowest BCUT2D eigenvalue weighted by molar-refractivity contribution is 0.821. The minimum atomic E-state index is 0.211. The molecule has 78 valence electrons. The molecule has 3 heteroatoms. The highest BCUT2D eigenvalue weighted by molar-refractivity contribution is 6.31. The molecule has 0 fully saturated rings. The molecule has 0 N–H and O–H groups in total. The highest BCUT2D eigenvalue weighted by atomic mass is 35.5. The molecule has 1 aliphatic carbocycles. The molecule has 0 spiro atoms. The van der Waals surface area contributed by atoms with Crippen molar-refractivity contribution in [3.63, 3.8) is 0 Å². The van der Waals surface area contributed by atoms with Gasteiger partial charge in [-0.25, -0.2) is 0 Å². The summed E-state index contributed by atoms with van der Waals surface area (Å²) in [5, 5.41) is 18.5. The second-order valence-electron chi connectivity index (χ2n) is 3.70. The zero-order valence-corrected chi connectivity index (χ0v) is 9.38. The summed E-state index contributed by atoms with van der Waals surface area (Å²) in [7, 11) is 0. The Balaban J connectivity index is 2.68. The first kappa shape index (κ1) is 10.7.